The molecule has 0 saturated heterocycles. The number of aromatic amines is 1. The van der Waals surface area contributed by atoms with Gasteiger partial charge in [0.25, 0.3) is 17.2 Å². The zero-order chi connectivity index (χ0) is 15.0. The van der Waals surface area contributed by atoms with Crippen LogP contribution in [0.2, 0.25) is 0 Å². The van der Waals surface area contributed by atoms with Crippen molar-refractivity contribution in [3.05, 3.63) is 42.6 Å². The van der Waals surface area contributed by atoms with Crippen LogP contribution in [0.5, 0.6) is 5.75 Å². The first kappa shape index (κ1) is 14.0. The number of nitrogens with one attached hydrogen (secondary N) is 2. The summed E-state index contributed by atoms with van der Waals surface area (Å²) in [6.07, 6.45) is 0. The highest BCUT2D eigenvalue weighted by Gasteiger charge is 2.21. The molecule has 9 nitrogen and oxygen atoms in total. The summed E-state index contributed by atoms with van der Waals surface area (Å²) in [4.78, 5) is 35.6. The van der Waals surface area contributed by atoms with Crippen LogP contribution in [0.3, 0.4) is 0 Å². The Hall–Kier alpha value is -2.46. The lowest BCUT2D eigenvalue weighted by atomic mass is 10.1. The minimum atomic E-state index is -0.972. The quantitative estimate of drug-likeness (QED) is 0.270. The van der Waals surface area contributed by atoms with Crippen LogP contribution in [0.15, 0.2) is 21.4 Å². The standard InChI is InChI=1S/C10H7BrN4O5/c11-4-1-3-5(2-6(4)15(19)20)13-9(17)7(8(3)16)10(18)14-12/h1-2H,12H2,(H,14,18)(H2,13,16,17). The molecule has 2 aromatic rings. The monoisotopic (exact) mass is 342 g/mol. The van der Waals surface area contributed by atoms with Gasteiger partial charge in [0.15, 0.2) is 0 Å². The van der Waals surface area contributed by atoms with E-state index in [-0.39, 0.29) is 21.1 Å². The van der Waals surface area contributed by atoms with Crippen LogP contribution in [0.1, 0.15) is 10.4 Å². The van der Waals surface area contributed by atoms with Crippen molar-refractivity contribution in [3.63, 3.8) is 0 Å². The molecule has 1 heterocycles. The maximum absolute atomic E-state index is 11.7. The molecule has 0 spiro atoms. The second-order valence-electron chi connectivity index (χ2n) is 3.76. The number of carbonyl (C=O) groups excluding carboxylic acids is 1. The van der Waals surface area contributed by atoms with Crippen LogP contribution in [-0.4, -0.2) is 20.9 Å². The minimum absolute atomic E-state index is 0.0240. The number of nitro groups is 1. The second-order valence-corrected chi connectivity index (χ2v) is 4.61. The first-order valence-electron chi connectivity index (χ1n) is 5.10. The number of hydrogen-bond donors (Lipinski definition) is 4. The van der Waals surface area contributed by atoms with Crippen LogP contribution in [0, 0.1) is 10.1 Å². The first-order chi connectivity index (χ1) is 9.36. The Morgan fingerprint density at radius 1 is 1.50 bits per heavy atom. The number of fused-ring (bicyclic) bond motifs is 1. The summed E-state index contributed by atoms with van der Waals surface area (Å²) in [5.41, 5.74) is -0.00790. The van der Waals surface area contributed by atoms with Crippen LogP contribution in [0.4, 0.5) is 5.69 Å². The number of nitrogens with zero attached hydrogens (tertiary/aromatic N) is 1. The van der Waals surface area contributed by atoms with Crippen molar-refractivity contribution in [3.8, 4) is 5.75 Å². The molecule has 0 atom stereocenters. The Morgan fingerprint density at radius 2 is 2.15 bits per heavy atom. The number of aromatic hydroxyl groups is 1. The van der Waals surface area contributed by atoms with E-state index in [2.05, 4.69) is 20.9 Å². The maximum Gasteiger partial charge on any atom is 0.285 e. The Balaban J connectivity index is 2.88. The Bertz CT molecular complexity index is 800. The molecule has 0 unspecified atom stereocenters. The van der Waals surface area contributed by atoms with Crippen molar-refractivity contribution in [2.24, 2.45) is 5.84 Å². The van der Waals surface area contributed by atoms with Crippen molar-refractivity contribution in [2.75, 3.05) is 0 Å². The van der Waals surface area contributed by atoms with E-state index < -0.39 is 27.7 Å². The number of carbonyl (C=O) groups is 1. The molecule has 0 bridgehead atoms. The van der Waals surface area contributed by atoms with E-state index in [1.54, 1.807) is 5.43 Å². The highest BCUT2D eigenvalue weighted by Crippen LogP contribution is 2.33. The average Bonchev–Trinajstić information content (AvgIpc) is 2.38. The second kappa shape index (κ2) is 4.90. The highest BCUT2D eigenvalue weighted by atomic mass is 79.9. The number of amides is 1. The van der Waals surface area contributed by atoms with Gasteiger partial charge in [-0.1, -0.05) is 0 Å². The van der Waals surface area contributed by atoms with Gasteiger partial charge in [0, 0.05) is 11.5 Å². The molecular weight excluding hydrogens is 336 g/mol. The molecule has 0 radical (unpaired) electrons. The fourth-order valence-corrected chi connectivity index (χ4v) is 2.20. The van der Waals surface area contributed by atoms with Crippen molar-refractivity contribution in [1.29, 1.82) is 0 Å². The van der Waals surface area contributed by atoms with Crippen molar-refractivity contribution in [1.82, 2.24) is 10.4 Å². The number of H-pyrrole nitrogens is 1. The predicted molar refractivity (Wildman–Crippen MR) is 72.2 cm³/mol. The third-order valence-corrected chi connectivity index (χ3v) is 3.24. The summed E-state index contributed by atoms with van der Waals surface area (Å²) in [5.74, 6) is 3.34. The highest BCUT2D eigenvalue weighted by molar-refractivity contribution is 9.10. The maximum atomic E-state index is 11.7. The number of hydrogen-bond acceptors (Lipinski definition) is 6. The molecule has 1 aromatic carbocycles. The lowest BCUT2D eigenvalue weighted by molar-refractivity contribution is -0.385. The average molecular weight is 343 g/mol. The van der Waals surface area contributed by atoms with Gasteiger partial charge in [-0.25, -0.2) is 5.84 Å². The van der Waals surface area contributed by atoms with Crippen LogP contribution in [-0.2, 0) is 0 Å². The third kappa shape index (κ3) is 2.10. The van der Waals surface area contributed by atoms with Gasteiger partial charge in [0.2, 0.25) is 0 Å². The largest absolute Gasteiger partial charge is 0.506 e. The van der Waals surface area contributed by atoms with Gasteiger partial charge in [0.1, 0.15) is 11.3 Å². The number of nitrogen functional groups attached to an aromatic ring is 1. The number of rotatable bonds is 2. The van der Waals surface area contributed by atoms with E-state index in [0.29, 0.717) is 0 Å². The molecule has 20 heavy (non-hydrogen) atoms. The number of hydrazine groups is 1. The molecule has 0 saturated carbocycles. The molecular formula is C10H7BrN4O5. The zero-order valence-corrected chi connectivity index (χ0v) is 11.2. The molecule has 0 fully saturated rings. The van der Waals surface area contributed by atoms with Gasteiger partial charge in [0.05, 0.1) is 14.9 Å². The van der Waals surface area contributed by atoms with Crippen molar-refractivity contribution < 1.29 is 14.8 Å². The summed E-state index contributed by atoms with van der Waals surface area (Å²) in [6.45, 7) is 0. The molecule has 10 heteroatoms. The zero-order valence-electron chi connectivity index (χ0n) is 9.64. The van der Waals surface area contributed by atoms with Crippen molar-refractivity contribution >= 4 is 38.4 Å². The smallest absolute Gasteiger partial charge is 0.285 e. The fourth-order valence-electron chi connectivity index (χ4n) is 1.71. The first-order valence-corrected chi connectivity index (χ1v) is 5.90. The summed E-state index contributed by atoms with van der Waals surface area (Å²) < 4.78 is 0.0939. The van der Waals surface area contributed by atoms with Gasteiger partial charge in [-0.05, 0) is 22.0 Å². The van der Waals surface area contributed by atoms with Gasteiger partial charge in [-0.3, -0.25) is 25.1 Å². The van der Waals surface area contributed by atoms with Crippen LogP contribution in [0.25, 0.3) is 10.9 Å². The number of nitro benzene ring substituents is 1. The number of benzene rings is 1. The molecule has 0 aliphatic heterocycles. The van der Waals surface area contributed by atoms with Crippen LogP contribution >= 0.6 is 15.9 Å². The summed E-state index contributed by atoms with van der Waals surface area (Å²) in [6, 6.07) is 2.30. The van der Waals surface area contributed by atoms with Crippen molar-refractivity contribution in [2.45, 2.75) is 0 Å². The Kier molecular flexibility index (Phi) is 3.42. The topological polar surface area (TPSA) is 151 Å². The molecule has 2 rings (SSSR count). The summed E-state index contributed by atoms with van der Waals surface area (Å²) in [5, 5.41) is 20.8. The van der Waals surface area contributed by atoms with E-state index in [0.717, 1.165) is 6.07 Å². The summed E-state index contributed by atoms with van der Waals surface area (Å²) >= 11 is 2.98. The molecule has 1 aromatic heterocycles. The van der Waals surface area contributed by atoms with E-state index in [9.17, 15) is 24.8 Å². The fraction of sp³-hybridized carbons (Fsp3) is 0. The minimum Gasteiger partial charge on any atom is -0.506 e. The van der Waals surface area contributed by atoms with E-state index >= 15 is 0 Å². The van der Waals surface area contributed by atoms with Gasteiger partial charge in [-0.15, -0.1) is 0 Å². The van der Waals surface area contributed by atoms with E-state index in [1.807, 2.05) is 0 Å². The number of halogens is 1. The van der Waals surface area contributed by atoms with Gasteiger partial charge >= 0.3 is 0 Å². The predicted octanol–water partition coefficient (Wildman–Crippen LogP) is 0.508. The SMILES string of the molecule is NNC(=O)c1c(O)c2cc(Br)c([N+](=O)[O-])cc2[nH]c1=O. The van der Waals surface area contributed by atoms with Gasteiger partial charge in [-0.2, -0.15) is 0 Å². The number of aromatic nitrogens is 1. The number of pyridine rings is 1. The number of nitrogens with two attached hydrogens (primary N) is 1. The Morgan fingerprint density at radius 3 is 2.70 bits per heavy atom. The molecule has 5 N–H and O–H groups in total. The summed E-state index contributed by atoms with van der Waals surface area (Å²) in [7, 11) is 0. The van der Waals surface area contributed by atoms with Gasteiger partial charge < -0.3 is 10.1 Å². The molecule has 0 aliphatic carbocycles. The third-order valence-electron chi connectivity index (χ3n) is 2.61. The van der Waals surface area contributed by atoms with Crippen LogP contribution < -0.4 is 16.8 Å². The lowest BCUT2D eigenvalue weighted by Gasteiger charge is -2.07. The molecule has 1 amide bonds. The normalized spacial score (nSPS) is 10.5. The van der Waals surface area contributed by atoms with E-state index in [4.69, 9.17) is 5.84 Å². The Labute approximate surface area is 118 Å². The lowest BCUT2D eigenvalue weighted by Crippen LogP contribution is -2.34. The molecule has 104 valence electrons. The van der Waals surface area contributed by atoms with E-state index in [1.165, 1.54) is 6.07 Å². The molecule has 0 aliphatic rings.